The van der Waals surface area contributed by atoms with E-state index in [4.69, 9.17) is 4.74 Å². The Bertz CT molecular complexity index is 516. The number of hydrogen-bond donors (Lipinski definition) is 1. The van der Waals surface area contributed by atoms with Crippen LogP contribution in [0.15, 0.2) is 42.9 Å². The zero-order chi connectivity index (χ0) is 14.2. The summed E-state index contributed by atoms with van der Waals surface area (Å²) in [6, 6.07) is 8.28. The molecule has 1 atom stereocenters. The second-order valence-corrected chi connectivity index (χ2v) is 4.69. The van der Waals surface area contributed by atoms with Crippen molar-refractivity contribution >= 4 is 0 Å². The molecule has 0 radical (unpaired) electrons. The van der Waals surface area contributed by atoms with Crippen LogP contribution >= 0.6 is 0 Å². The Hall–Kier alpha value is -1.94. The van der Waals surface area contributed by atoms with E-state index in [-0.39, 0.29) is 6.04 Å². The highest BCUT2D eigenvalue weighted by molar-refractivity contribution is 5.27. The summed E-state index contributed by atoms with van der Waals surface area (Å²) in [5.74, 6) is 0.916. The first-order valence-corrected chi connectivity index (χ1v) is 6.98. The summed E-state index contributed by atoms with van der Waals surface area (Å²) in [5, 5.41) is 3.41. The van der Waals surface area contributed by atoms with Gasteiger partial charge in [0.2, 0.25) is 0 Å². The molecule has 0 spiro atoms. The minimum atomic E-state index is 0.179. The lowest BCUT2D eigenvalue weighted by Crippen LogP contribution is -2.23. The molecule has 20 heavy (non-hydrogen) atoms. The van der Waals surface area contributed by atoms with Gasteiger partial charge in [-0.1, -0.05) is 19.1 Å². The van der Waals surface area contributed by atoms with Gasteiger partial charge in [-0.05, 0) is 31.2 Å². The number of hydrogen-bond acceptors (Lipinski definition) is 4. The maximum absolute atomic E-state index is 5.80. The molecule has 1 heterocycles. The van der Waals surface area contributed by atoms with Gasteiger partial charge in [0.1, 0.15) is 5.75 Å². The number of aryl methyl sites for hydroxylation is 1. The standard InChI is InChI=1S/C16H21N3O/c1-3-18-15(16-12-17-8-9-19-16)7-10-20-14-6-4-5-13(2)11-14/h4-6,8-9,11-12,15,18H,3,7,10H2,1-2H3. The zero-order valence-corrected chi connectivity index (χ0v) is 12.0. The van der Waals surface area contributed by atoms with Crippen molar-refractivity contribution in [3.8, 4) is 5.75 Å². The second kappa shape index (κ2) is 7.60. The molecule has 4 heteroatoms. The van der Waals surface area contributed by atoms with Crippen LogP contribution in [0.1, 0.15) is 30.6 Å². The van der Waals surface area contributed by atoms with E-state index in [1.807, 2.05) is 18.2 Å². The Labute approximate surface area is 120 Å². The third-order valence-electron chi connectivity index (χ3n) is 3.06. The molecular formula is C16H21N3O. The highest BCUT2D eigenvalue weighted by Crippen LogP contribution is 2.16. The first-order valence-electron chi connectivity index (χ1n) is 6.98. The number of aromatic nitrogens is 2. The third-order valence-corrected chi connectivity index (χ3v) is 3.06. The normalized spacial score (nSPS) is 12.1. The molecule has 1 aromatic carbocycles. The van der Waals surface area contributed by atoms with E-state index < -0.39 is 0 Å². The molecule has 1 unspecified atom stereocenters. The lowest BCUT2D eigenvalue weighted by Gasteiger charge is -2.17. The van der Waals surface area contributed by atoms with Crippen molar-refractivity contribution in [2.45, 2.75) is 26.3 Å². The van der Waals surface area contributed by atoms with Crippen LogP contribution in [-0.4, -0.2) is 23.1 Å². The van der Waals surface area contributed by atoms with Crippen LogP contribution in [0.5, 0.6) is 5.75 Å². The maximum atomic E-state index is 5.80. The largest absolute Gasteiger partial charge is 0.494 e. The Balaban J connectivity index is 1.90. The summed E-state index contributed by atoms with van der Waals surface area (Å²) in [6.07, 6.45) is 6.08. The number of nitrogens with zero attached hydrogens (tertiary/aromatic N) is 2. The number of benzene rings is 1. The van der Waals surface area contributed by atoms with Crippen LogP contribution in [-0.2, 0) is 0 Å². The van der Waals surface area contributed by atoms with Gasteiger partial charge in [0.15, 0.2) is 0 Å². The molecule has 1 N–H and O–H groups in total. The molecule has 0 fully saturated rings. The predicted molar refractivity (Wildman–Crippen MR) is 79.7 cm³/mol. The molecule has 2 rings (SSSR count). The molecule has 0 bridgehead atoms. The van der Waals surface area contributed by atoms with Gasteiger partial charge >= 0.3 is 0 Å². The van der Waals surface area contributed by atoms with E-state index in [2.05, 4.69) is 35.2 Å². The smallest absolute Gasteiger partial charge is 0.119 e. The zero-order valence-electron chi connectivity index (χ0n) is 12.0. The first kappa shape index (κ1) is 14.5. The summed E-state index contributed by atoms with van der Waals surface area (Å²) < 4.78 is 5.80. The highest BCUT2D eigenvalue weighted by Gasteiger charge is 2.11. The molecule has 0 saturated carbocycles. The molecule has 0 aliphatic heterocycles. The van der Waals surface area contributed by atoms with Crippen molar-refractivity contribution in [1.29, 1.82) is 0 Å². The lowest BCUT2D eigenvalue weighted by atomic mass is 10.1. The average molecular weight is 271 g/mol. The van der Waals surface area contributed by atoms with Crippen molar-refractivity contribution in [3.63, 3.8) is 0 Å². The minimum Gasteiger partial charge on any atom is -0.494 e. The monoisotopic (exact) mass is 271 g/mol. The van der Waals surface area contributed by atoms with Crippen molar-refractivity contribution in [2.24, 2.45) is 0 Å². The van der Waals surface area contributed by atoms with Gasteiger partial charge < -0.3 is 10.1 Å². The maximum Gasteiger partial charge on any atom is 0.119 e. The van der Waals surface area contributed by atoms with E-state index in [0.717, 1.165) is 24.4 Å². The summed E-state index contributed by atoms with van der Waals surface area (Å²) >= 11 is 0. The first-order chi connectivity index (χ1) is 9.79. The van der Waals surface area contributed by atoms with Gasteiger partial charge in [-0.25, -0.2) is 0 Å². The number of nitrogens with one attached hydrogen (secondary N) is 1. The molecule has 4 nitrogen and oxygen atoms in total. The van der Waals surface area contributed by atoms with Crippen LogP contribution < -0.4 is 10.1 Å². The van der Waals surface area contributed by atoms with Crippen molar-refractivity contribution in [2.75, 3.05) is 13.2 Å². The molecule has 0 aliphatic rings. The molecule has 0 saturated heterocycles. The van der Waals surface area contributed by atoms with Gasteiger partial charge in [-0.3, -0.25) is 9.97 Å². The predicted octanol–water partition coefficient (Wildman–Crippen LogP) is 2.90. The Morgan fingerprint density at radius 3 is 2.90 bits per heavy atom. The number of rotatable bonds is 7. The van der Waals surface area contributed by atoms with Gasteiger partial charge in [0.05, 0.1) is 18.3 Å². The van der Waals surface area contributed by atoms with Crippen LogP contribution in [0.2, 0.25) is 0 Å². The topological polar surface area (TPSA) is 47.0 Å². The summed E-state index contributed by atoms with van der Waals surface area (Å²) in [5.41, 5.74) is 2.17. The van der Waals surface area contributed by atoms with Crippen molar-refractivity contribution in [3.05, 3.63) is 54.1 Å². The fraction of sp³-hybridized carbons (Fsp3) is 0.375. The number of ether oxygens (including phenoxy) is 1. The fourth-order valence-electron chi connectivity index (χ4n) is 2.09. The van der Waals surface area contributed by atoms with Crippen LogP contribution in [0.4, 0.5) is 0 Å². The summed E-state index contributed by atoms with van der Waals surface area (Å²) in [6.45, 7) is 5.70. The molecule has 0 amide bonds. The van der Waals surface area contributed by atoms with E-state index in [1.54, 1.807) is 18.6 Å². The van der Waals surface area contributed by atoms with Gasteiger partial charge in [0.25, 0.3) is 0 Å². The van der Waals surface area contributed by atoms with Crippen molar-refractivity contribution in [1.82, 2.24) is 15.3 Å². The molecule has 0 aliphatic carbocycles. The van der Waals surface area contributed by atoms with Crippen molar-refractivity contribution < 1.29 is 4.74 Å². The fourth-order valence-corrected chi connectivity index (χ4v) is 2.09. The minimum absolute atomic E-state index is 0.179. The summed E-state index contributed by atoms with van der Waals surface area (Å²) in [4.78, 5) is 8.48. The van der Waals surface area contributed by atoms with E-state index in [9.17, 15) is 0 Å². The van der Waals surface area contributed by atoms with Gasteiger partial charge in [0, 0.05) is 25.0 Å². The molecule has 1 aromatic heterocycles. The summed E-state index contributed by atoms with van der Waals surface area (Å²) in [7, 11) is 0. The highest BCUT2D eigenvalue weighted by atomic mass is 16.5. The van der Waals surface area contributed by atoms with Crippen LogP contribution in [0.25, 0.3) is 0 Å². The van der Waals surface area contributed by atoms with Crippen LogP contribution in [0.3, 0.4) is 0 Å². The second-order valence-electron chi connectivity index (χ2n) is 4.69. The van der Waals surface area contributed by atoms with E-state index in [1.165, 1.54) is 5.56 Å². The van der Waals surface area contributed by atoms with Crippen LogP contribution in [0, 0.1) is 6.92 Å². The van der Waals surface area contributed by atoms with Gasteiger partial charge in [-0.2, -0.15) is 0 Å². The molecule has 2 aromatic rings. The Kier molecular flexibility index (Phi) is 5.50. The van der Waals surface area contributed by atoms with Gasteiger partial charge in [-0.15, -0.1) is 0 Å². The molecule has 106 valence electrons. The van der Waals surface area contributed by atoms with E-state index in [0.29, 0.717) is 6.61 Å². The van der Waals surface area contributed by atoms with E-state index >= 15 is 0 Å². The SMILES string of the molecule is CCNC(CCOc1cccc(C)c1)c1cnccn1. The molecular weight excluding hydrogens is 250 g/mol. The third kappa shape index (κ3) is 4.31. The average Bonchev–Trinajstić information content (AvgIpc) is 2.47. The Morgan fingerprint density at radius 2 is 2.20 bits per heavy atom. The quantitative estimate of drug-likeness (QED) is 0.841. The lowest BCUT2D eigenvalue weighted by molar-refractivity contribution is 0.286. The Morgan fingerprint density at radius 1 is 1.30 bits per heavy atom.